The van der Waals surface area contributed by atoms with Gasteiger partial charge in [0.2, 0.25) is 5.89 Å². The highest BCUT2D eigenvalue weighted by molar-refractivity contribution is 7.98. The average molecular weight is 237 g/mol. The molecule has 0 saturated heterocycles. The SMILES string of the molecule is Cc1nnc(SCc2cccnc2NN)o1. The standard InChI is InChI=1S/C9H11N5OS/c1-6-13-14-9(15-6)16-5-7-3-2-4-11-8(7)12-10/h2-4H,5,10H2,1H3,(H,11,12). The number of nitrogens with zero attached hydrogens (tertiary/aromatic N) is 3. The second kappa shape index (κ2) is 4.95. The van der Waals surface area contributed by atoms with Gasteiger partial charge in [-0.1, -0.05) is 17.8 Å². The van der Waals surface area contributed by atoms with Crippen molar-refractivity contribution < 1.29 is 4.42 Å². The lowest BCUT2D eigenvalue weighted by atomic mass is 10.3. The van der Waals surface area contributed by atoms with Crippen LogP contribution < -0.4 is 11.3 Å². The minimum Gasteiger partial charge on any atom is -0.416 e. The zero-order chi connectivity index (χ0) is 11.4. The van der Waals surface area contributed by atoms with E-state index >= 15 is 0 Å². The van der Waals surface area contributed by atoms with Gasteiger partial charge in [0.1, 0.15) is 5.82 Å². The van der Waals surface area contributed by atoms with E-state index in [1.807, 2.05) is 12.1 Å². The molecule has 0 saturated carbocycles. The van der Waals surface area contributed by atoms with Crippen LogP contribution in [0.15, 0.2) is 28.0 Å². The number of anilines is 1. The van der Waals surface area contributed by atoms with E-state index in [0.29, 0.717) is 22.7 Å². The van der Waals surface area contributed by atoms with E-state index in [-0.39, 0.29) is 0 Å². The molecule has 0 aliphatic heterocycles. The van der Waals surface area contributed by atoms with Crippen LogP contribution >= 0.6 is 11.8 Å². The molecule has 7 heteroatoms. The second-order valence-corrected chi connectivity index (χ2v) is 3.96. The van der Waals surface area contributed by atoms with Crippen molar-refractivity contribution in [3.8, 4) is 0 Å². The van der Waals surface area contributed by atoms with Crippen LogP contribution in [0.2, 0.25) is 0 Å². The van der Waals surface area contributed by atoms with E-state index in [1.54, 1.807) is 13.1 Å². The Balaban J connectivity index is 2.04. The van der Waals surface area contributed by atoms with E-state index in [0.717, 1.165) is 5.56 Å². The molecule has 2 aromatic heterocycles. The number of hydrazine groups is 1. The molecular weight excluding hydrogens is 226 g/mol. The van der Waals surface area contributed by atoms with Crippen LogP contribution in [0.25, 0.3) is 0 Å². The van der Waals surface area contributed by atoms with E-state index < -0.39 is 0 Å². The predicted molar refractivity (Wildman–Crippen MR) is 60.6 cm³/mol. The molecule has 0 radical (unpaired) electrons. The first-order valence-electron chi connectivity index (χ1n) is 4.63. The Morgan fingerprint density at radius 1 is 1.50 bits per heavy atom. The fraction of sp³-hybridized carbons (Fsp3) is 0.222. The molecule has 3 N–H and O–H groups in total. The lowest BCUT2D eigenvalue weighted by molar-refractivity contribution is 0.429. The highest BCUT2D eigenvalue weighted by Crippen LogP contribution is 2.23. The number of aromatic nitrogens is 3. The van der Waals surface area contributed by atoms with Gasteiger partial charge in [-0.15, -0.1) is 10.2 Å². The Hall–Kier alpha value is -1.60. The maximum absolute atomic E-state index is 5.35. The molecule has 84 valence electrons. The summed E-state index contributed by atoms with van der Waals surface area (Å²) in [6.45, 7) is 1.76. The van der Waals surface area contributed by atoms with Crippen molar-refractivity contribution >= 4 is 17.6 Å². The van der Waals surface area contributed by atoms with Gasteiger partial charge in [0.25, 0.3) is 5.22 Å². The van der Waals surface area contributed by atoms with Crippen LogP contribution in [0.5, 0.6) is 0 Å². The van der Waals surface area contributed by atoms with Crippen LogP contribution in [0.3, 0.4) is 0 Å². The van der Waals surface area contributed by atoms with Crippen LogP contribution in [-0.4, -0.2) is 15.2 Å². The molecule has 2 heterocycles. The highest BCUT2D eigenvalue weighted by Gasteiger charge is 2.06. The lowest BCUT2D eigenvalue weighted by Crippen LogP contribution is -2.10. The number of hydrogen-bond acceptors (Lipinski definition) is 7. The van der Waals surface area contributed by atoms with Gasteiger partial charge in [-0.2, -0.15) is 0 Å². The van der Waals surface area contributed by atoms with Gasteiger partial charge < -0.3 is 9.84 Å². The second-order valence-electron chi connectivity index (χ2n) is 3.03. The Morgan fingerprint density at radius 3 is 3.06 bits per heavy atom. The molecule has 6 nitrogen and oxygen atoms in total. The highest BCUT2D eigenvalue weighted by atomic mass is 32.2. The molecular formula is C9H11N5OS. The van der Waals surface area contributed by atoms with Crippen LogP contribution in [0.4, 0.5) is 5.82 Å². The number of hydrogen-bond donors (Lipinski definition) is 2. The number of thioether (sulfide) groups is 1. The lowest BCUT2D eigenvalue weighted by Gasteiger charge is -2.04. The number of pyridine rings is 1. The van der Waals surface area contributed by atoms with E-state index in [9.17, 15) is 0 Å². The first-order valence-corrected chi connectivity index (χ1v) is 5.61. The summed E-state index contributed by atoms with van der Waals surface area (Å²) in [6, 6.07) is 3.80. The molecule has 0 aromatic carbocycles. The summed E-state index contributed by atoms with van der Waals surface area (Å²) >= 11 is 1.45. The first kappa shape index (κ1) is 10.9. The monoisotopic (exact) mass is 237 g/mol. The Morgan fingerprint density at radius 2 is 2.38 bits per heavy atom. The summed E-state index contributed by atoms with van der Waals surface area (Å²) in [4.78, 5) is 4.10. The summed E-state index contributed by atoms with van der Waals surface area (Å²) in [5.74, 6) is 7.25. The molecule has 0 amide bonds. The van der Waals surface area contributed by atoms with Gasteiger partial charge in [-0.05, 0) is 6.07 Å². The predicted octanol–water partition coefficient (Wildman–Crippen LogP) is 1.35. The molecule has 2 aromatic rings. The molecule has 0 spiro atoms. The molecule has 2 rings (SSSR count). The molecule has 0 aliphatic rings. The number of nitrogens with one attached hydrogen (secondary N) is 1. The van der Waals surface area contributed by atoms with Crippen molar-refractivity contribution in [3.05, 3.63) is 29.8 Å². The minimum atomic E-state index is 0.546. The fourth-order valence-corrected chi connectivity index (χ4v) is 1.95. The molecule has 0 bridgehead atoms. The molecule has 16 heavy (non-hydrogen) atoms. The summed E-state index contributed by atoms with van der Waals surface area (Å²) < 4.78 is 5.25. The summed E-state index contributed by atoms with van der Waals surface area (Å²) in [7, 11) is 0. The molecule has 0 unspecified atom stereocenters. The Kier molecular flexibility index (Phi) is 3.37. The minimum absolute atomic E-state index is 0.546. The van der Waals surface area contributed by atoms with Crippen LogP contribution in [0.1, 0.15) is 11.5 Å². The number of rotatable bonds is 4. The zero-order valence-electron chi connectivity index (χ0n) is 8.67. The Bertz CT molecular complexity index is 472. The third-order valence-corrected chi connectivity index (χ3v) is 2.75. The maximum Gasteiger partial charge on any atom is 0.276 e. The van der Waals surface area contributed by atoms with Gasteiger partial charge in [0.05, 0.1) is 0 Å². The van der Waals surface area contributed by atoms with Crippen molar-refractivity contribution in [2.45, 2.75) is 17.9 Å². The first-order chi connectivity index (χ1) is 7.79. The Labute approximate surface area is 96.6 Å². The van der Waals surface area contributed by atoms with Gasteiger partial charge in [0.15, 0.2) is 0 Å². The van der Waals surface area contributed by atoms with Gasteiger partial charge in [-0.25, -0.2) is 10.8 Å². The molecule has 0 atom stereocenters. The van der Waals surface area contributed by atoms with Crippen LogP contribution in [0, 0.1) is 6.92 Å². The van der Waals surface area contributed by atoms with Gasteiger partial charge in [0, 0.05) is 24.4 Å². The normalized spacial score (nSPS) is 10.4. The third kappa shape index (κ3) is 2.50. The van der Waals surface area contributed by atoms with Crippen molar-refractivity contribution in [2.24, 2.45) is 5.84 Å². The number of nitrogen functional groups attached to an aromatic ring is 1. The fourth-order valence-electron chi connectivity index (χ4n) is 1.16. The third-order valence-electron chi connectivity index (χ3n) is 1.89. The topological polar surface area (TPSA) is 89.9 Å². The van der Waals surface area contributed by atoms with Crippen molar-refractivity contribution in [3.63, 3.8) is 0 Å². The van der Waals surface area contributed by atoms with Crippen molar-refractivity contribution in [2.75, 3.05) is 5.43 Å². The van der Waals surface area contributed by atoms with Gasteiger partial charge >= 0.3 is 0 Å². The molecule has 0 aliphatic carbocycles. The summed E-state index contributed by atoms with van der Waals surface area (Å²) in [6.07, 6.45) is 1.68. The maximum atomic E-state index is 5.35. The van der Waals surface area contributed by atoms with E-state index in [4.69, 9.17) is 10.3 Å². The molecule has 0 fully saturated rings. The number of nitrogens with two attached hydrogens (primary N) is 1. The van der Waals surface area contributed by atoms with Crippen molar-refractivity contribution in [1.82, 2.24) is 15.2 Å². The zero-order valence-corrected chi connectivity index (χ0v) is 9.49. The quantitative estimate of drug-likeness (QED) is 0.471. The summed E-state index contributed by atoms with van der Waals surface area (Å²) in [5, 5.41) is 8.18. The number of aryl methyl sites for hydroxylation is 1. The van der Waals surface area contributed by atoms with E-state index in [1.165, 1.54) is 11.8 Å². The van der Waals surface area contributed by atoms with E-state index in [2.05, 4.69) is 20.6 Å². The average Bonchev–Trinajstić information content (AvgIpc) is 2.73. The largest absolute Gasteiger partial charge is 0.416 e. The van der Waals surface area contributed by atoms with Crippen LogP contribution in [-0.2, 0) is 5.75 Å². The van der Waals surface area contributed by atoms with Gasteiger partial charge in [-0.3, -0.25) is 0 Å². The van der Waals surface area contributed by atoms with Crippen molar-refractivity contribution in [1.29, 1.82) is 0 Å². The smallest absolute Gasteiger partial charge is 0.276 e. The summed E-state index contributed by atoms with van der Waals surface area (Å²) in [5.41, 5.74) is 3.54.